The zero-order valence-electron chi connectivity index (χ0n) is 36.5. The molecule has 0 bridgehead atoms. The van der Waals surface area contributed by atoms with Gasteiger partial charge in [0.25, 0.3) is 5.91 Å². The van der Waals surface area contributed by atoms with E-state index in [1.165, 1.54) is 34.4 Å². The average Bonchev–Trinajstić information content (AvgIpc) is 4.00. The van der Waals surface area contributed by atoms with Crippen LogP contribution in [0, 0.1) is 18.3 Å². The van der Waals surface area contributed by atoms with E-state index in [1.54, 1.807) is 46.9 Å². The molecule has 338 valence electrons. The number of fused-ring (bicyclic) bond motifs is 1. The lowest BCUT2D eigenvalue weighted by atomic mass is 9.85. The van der Waals surface area contributed by atoms with Crippen LogP contribution in [0.25, 0.3) is 21.6 Å². The third-order valence-electron chi connectivity index (χ3n) is 12.3. The molecule has 1 aliphatic heterocycles. The highest BCUT2D eigenvalue weighted by Crippen LogP contribution is 2.47. The van der Waals surface area contributed by atoms with Gasteiger partial charge in [-0.15, -0.1) is 17.9 Å². The summed E-state index contributed by atoms with van der Waals surface area (Å²) in [7, 11) is -2.51. The van der Waals surface area contributed by atoms with Crippen molar-refractivity contribution in [1.82, 2.24) is 24.9 Å². The van der Waals surface area contributed by atoms with Gasteiger partial charge in [0.2, 0.25) is 21.8 Å². The van der Waals surface area contributed by atoms with Crippen molar-refractivity contribution in [2.24, 2.45) is 11.3 Å². The van der Waals surface area contributed by atoms with Crippen LogP contribution in [0.4, 0.5) is 18.9 Å². The highest BCUT2D eigenvalue weighted by atomic mass is 32.2. The van der Waals surface area contributed by atoms with Crippen molar-refractivity contribution >= 4 is 55.7 Å². The summed E-state index contributed by atoms with van der Waals surface area (Å²) in [5, 5.41) is 9.08. The number of carbonyl (C=O) groups excluding carboxylic acids is 3. The van der Waals surface area contributed by atoms with Gasteiger partial charge in [0.15, 0.2) is 0 Å². The molecule has 13 nitrogen and oxygen atoms in total. The first kappa shape index (κ1) is 45.8. The SMILES string of the molecule is C=C[C@@H]1C[C@]1(NC(=O)[C@@H]1C[C@@H](Oc2cc(-c3nc(C(C)C)cs3)nc3c(C)c(OC)ccc23)CN1C(=O)[C@@H](Nc1cccc(C(F)(F)F)c1)C(C)(C)C)C(=O)NS(=O)(=O)C1(C)CC1. The van der Waals surface area contributed by atoms with Gasteiger partial charge in [0, 0.05) is 40.4 Å². The molecule has 2 aromatic carbocycles. The number of hydrogen-bond acceptors (Lipinski definition) is 11. The van der Waals surface area contributed by atoms with Crippen LogP contribution in [-0.4, -0.2) is 83.1 Å². The molecule has 2 saturated carbocycles. The quantitative estimate of drug-likeness (QED) is 0.106. The number of ether oxygens (including phenoxy) is 2. The Balaban J connectivity index is 1.26. The predicted octanol–water partition coefficient (Wildman–Crippen LogP) is 7.75. The minimum Gasteiger partial charge on any atom is -0.496 e. The second kappa shape index (κ2) is 16.4. The number of hydrogen-bond donors (Lipinski definition) is 3. The van der Waals surface area contributed by atoms with E-state index in [2.05, 4.69) is 21.9 Å². The highest BCUT2D eigenvalue weighted by Gasteiger charge is 2.63. The van der Waals surface area contributed by atoms with Gasteiger partial charge in [0.1, 0.15) is 45.9 Å². The number of sulfonamides is 1. The van der Waals surface area contributed by atoms with Crippen LogP contribution in [0.3, 0.4) is 0 Å². The van der Waals surface area contributed by atoms with Gasteiger partial charge < -0.3 is 25.0 Å². The number of amides is 3. The summed E-state index contributed by atoms with van der Waals surface area (Å²) in [6.07, 6.45) is -3.21. The van der Waals surface area contributed by atoms with E-state index < -0.39 is 79.3 Å². The number of pyridine rings is 1. The molecule has 63 heavy (non-hydrogen) atoms. The van der Waals surface area contributed by atoms with Gasteiger partial charge in [-0.1, -0.05) is 46.8 Å². The monoisotopic (exact) mass is 910 g/mol. The molecule has 3 heterocycles. The third-order valence-corrected chi connectivity index (χ3v) is 15.4. The molecule has 3 aliphatic rings. The van der Waals surface area contributed by atoms with Crippen molar-refractivity contribution in [2.45, 2.75) is 115 Å². The normalized spacial score (nSPS) is 22.3. The van der Waals surface area contributed by atoms with E-state index in [0.29, 0.717) is 45.9 Å². The van der Waals surface area contributed by atoms with Gasteiger partial charge in [-0.25, -0.2) is 18.4 Å². The molecule has 0 radical (unpaired) electrons. The van der Waals surface area contributed by atoms with Crippen LogP contribution < -0.4 is 24.8 Å². The summed E-state index contributed by atoms with van der Waals surface area (Å²) < 4.78 is 81.1. The molecule has 7 rings (SSSR count). The Labute approximate surface area is 369 Å². The van der Waals surface area contributed by atoms with Gasteiger partial charge in [-0.3, -0.25) is 19.1 Å². The lowest BCUT2D eigenvalue weighted by Crippen LogP contribution is -2.59. The van der Waals surface area contributed by atoms with Gasteiger partial charge in [-0.2, -0.15) is 13.2 Å². The van der Waals surface area contributed by atoms with Crippen molar-refractivity contribution in [3.05, 3.63) is 77.3 Å². The van der Waals surface area contributed by atoms with E-state index >= 15 is 0 Å². The molecule has 5 atom stereocenters. The van der Waals surface area contributed by atoms with Crippen molar-refractivity contribution < 1.29 is 45.4 Å². The second-order valence-electron chi connectivity index (χ2n) is 18.4. The number of halogens is 3. The number of thiazole rings is 1. The highest BCUT2D eigenvalue weighted by molar-refractivity contribution is 7.91. The fourth-order valence-corrected chi connectivity index (χ4v) is 10.2. The molecule has 3 fully saturated rings. The number of nitrogens with zero attached hydrogens (tertiary/aromatic N) is 3. The van der Waals surface area contributed by atoms with Crippen molar-refractivity contribution in [1.29, 1.82) is 0 Å². The number of aryl methyl sites for hydroxylation is 1. The Bertz CT molecular complexity index is 2590. The van der Waals surface area contributed by atoms with Crippen molar-refractivity contribution in [3.8, 4) is 22.2 Å². The summed E-state index contributed by atoms with van der Waals surface area (Å²) >= 11 is 1.43. The fourth-order valence-electron chi connectivity index (χ4n) is 7.92. The zero-order chi connectivity index (χ0) is 46.0. The van der Waals surface area contributed by atoms with E-state index in [4.69, 9.17) is 19.4 Å². The number of anilines is 1. The number of likely N-dealkylation sites (tertiary alicyclic amines) is 1. The number of rotatable bonds is 14. The van der Waals surface area contributed by atoms with Gasteiger partial charge >= 0.3 is 6.18 Å². The first-order chi connectivity index (χ1) is 29.4. The van der Waals surface area contributed by atoms with Crippen LogP contribution in [-0.2, 0) is 30.6 Å². The Morgan fingerprint density at radius 2 is 1.78 bits per heavy atom. The Morgan fingerprint density at radius 3 is 2.37 bits per heavy atom. The summed E-state index contributed by atoms with van der Waals surface area (Å²) in [4.78, 5) is 54.6. The Kier molecular flexibility index (Phi) is 11.9. The standard InChI is InChI=1S/C45H53F3N6O7S2/c1-10-26-21-44(26,41(57)53-63(58,59)43(8)16-17-43)52-38(55)33-19-29(22-54(33)40(56)37(42(5,6)7)49-28-13-11-12-27(18-28)45(46,47)48)61-35-20-31(39-51-32(23-62-39)24(2)3)50-36-25(4)34(60-9)15-14-30(35)36/h10-15,18,20,23-24,26,29,33,37,49H,1,16-17,19,21-22H2,2-9H3,(H,52,55)(H,53,57)/t26-,29-,33+,37-,44-/m1/s1. The molecule has 3 N–H and O–H groups in total. The molecular formula is C45H53F3N6O7S2. The average molecular weight is 911 g/mol. The molecular weight excluding hydrogens is 858 g/mol. The second-order valence-corrected chi connectivity index (χ2v) is 21.5. The molecule has 4 aromatic rings. The number of benzene rings is 2. The fraction of sp³-hybridized carbons (Fsp3) is 0.489. The summed E-state index contributed by atoms with van der Waals surface area (Å²) in [5.41, 5.74) is -0.642. The van der Waals surface area contributed by atoms with E-state index in [-0.39, 0.29) is 31.0 Å². The minimum absolute atomic E-state index is 0.0449. The number of carbonyl (C=O) groups is 3. The first-order valence-electron chi connectivity index (χ1n) is 20.8. The largest absolute Gasteiger partial charge is 0.496 e. The van der Waals surface area contributed by atoms with Crippen LogP contribution in [0.15, 0.2) is 60.5 Å². The maximum atomic E-state index is 15.0. The zero-order valence-corrected chi connectivity index (χ0v) is 38.1. The van der Waals surface area contributed by atoms with Crippen LogP contribution >= 0.6 is 11.3 Å². The molecule has 2 aromatic heterocycles. The van der Waals surface area contributed by atoms with Crippen LogP contribution in [0.1, 0.15) is 90.0 Å². The molecule has 3 amide bonds. The lowest BCUT2D eigenvalue weighted by Gasteiger charge is -2.36. The minimum atomic E-state index is -4.64. The molecule has 0 spiro atoms. The number of aromatic nitrogens is 2. The molecule has 2 aliphatic carbocycles. The van der Waals surface area contributed by atoms with E-state index in [0.717, 1.165) is 23.4 Å². The summed E-state index contributed by atoms with van der Waals surface area (Å²) in [5.74, 6) is -1.66. The number of nitrogens with one attached hydrogen (secondary N) is 3. The summed E-state index contributed by atoms with van der Waals surface area (Å²) in [6.45, 7) is 16.4. The first-order valence-corrected chi connectivity index (χ1v) is 23.1. The molecule has 1 saturated heterocycles. The maximum absolute atomic E-state index is 15.0. The van der Waals surface area contributed by atoms with Gasteiger partial charge in [0.05, 0.1) is 35.2 Å². The third kappa shape index (κ3) is 8.97. The van der Waals surface area contributed by atoms with Crippen LogP contribution in [0.2, 0.25) is 0 Å². The smallest absolute Gasteiger partial charge is 0.416 e. The van der Waals surface area contributed by atoms with Crippen molar-refractivity contribution in [2.75, 3.05) is 19.0 Å². The van der Waals surface area contributed by atoms with E-state index in [1.807, 2.05) is 32.2 Å². The predicted molar refractivity (Wildman–Crippen MR) is 235 cm³/mol. The van der Waals surface area contributed by atoms with Gasteiger partial charge in [-0.05, 0) is 74.8 Å². The van der Waals surface area contributed by atoms with Crippen molar-refractivity contribution in [3.63, 3.8) is 0 Å². The molecule has 18 heteroatoms. The van der Waals surface area contributed by atoms with E-state index in [9.17, 15) is 36.0 Å². The topological polar surface area (TPSA) is 169 Å². The molecule has 0 unspecified atom stereocenters. The Hall–Kier alpha value is -5.23. The maximum Gasteiger partial charge on any atom is 0.416 e. The Morgan fingerprint density at radius 1 is 1.06 bits per heavy atom. The summed E-state index contributed by atoms with van der Waals surface area (Å²) in [6, 6.07) is 7.48. The lowest BCUT2D eigenvalue weighted by molar-refractivity contribution is -0.141. The van der Waals surface area contributed by atoms with Crippen LogP contribution in [0.5, 0.6) is 11.5 Å². The number of alkyl halides is 3. The number of methoxy groups -OCH3 is 1.